The van der Waals surface area contributed by atoms with E-state index in [2.05, 4.69) is 20.5 Å². The molecule has 3 aromatic rings. The third-order valence-corrected chi connectivity index (χ3v) is 3.81. The van der Waals surface area contributed by atoms with Gasteiger partial charge >= 0.3 is 0 Å². The molecule has 0 spiro atoms. The average Bonchev–Trinajstić information content (AvgIpc) is 2.97. The number of halogens is 2. The minimum Gasteiger partial charge on any atom is -0.495 e. The lowest BCUT2D eigenvalue weighted by molar-refractivity contribution is 0.417. The second-order valence-corrected chi connectivity index (χ2v) is 5.20. The van der Waals surface area contributed by atoms with Crippen LogP contribution in [0.5, 0.6) is 5.75 Å². The van der Waals surface area contributed by atoms with E-state index in [4.69, 9.17) is 4.74 Å². The highest BCUT2D eigenvalue weighted by Gasteiger charge is 2.24. The van der Waals surface area contributed by atoms with E-state index >= 15 is 0 Å². The largest absolute Gasteiger partial charge is 0.495 e. The number of benzene rings is 2. The Labute approximate surface area is 136 Å². The third-order valence-electron chi connectivity index (χ3n) is 3.81. The van der Waals surface area contributed by atoms with Crippen molar-refractivity contribution in [1.29, 1.82) is 0 Å². The number of rotatable bonds is 2. The third kappa shape index (κ3) is 2.13. The van der Waals surface area contributed by atoms with Crippen molar-refractivity contribution in [1.82, 2.24) is 10.2 Å². The lowest BCUT2D eigenvalue weighted by Crippen LogP contribution is -2.17. The molecule has 0 unspecified atom stereocenters. The van der Waals surface area contributed by atoms with Gasteiger partial charge in [-0.05, 0) is 18.2 Å². The van der Waals surface area contributed by atoms with Gasteiger partial charge in [-0.1, -0.05) is 18.2 Å². The van der Waals surface area contributed by atoms with Crippen LogP contribution in [0.4, 0.5) is 20.2 Å². The molecule has 1 aromatic heterocycles. The van der Waals surface area contributed by atoms with Gasteiger partial charge in [-0.2, -0.15) is 5.10 Å². The van der Waals surface area contributed by atoms with Gasteiger partial charge in [0.15, 0.2) is 0 Å². The number of anilines is 1. The highest BCUT2D eigenvalue weighted by molar-refractivity contribution is 6.14. The molecule has 2 heterocycles. The summed E-state index contributed by atoms with van der Waals surface area (Å²) in [6.45, 7) is 0. The Hall–Kier alpha value is -3.22. The number of amidine groups is 1. The fourth-order valence-corrected chi connectivity index (χ4v) is 2.71. The Morgan fingerprint density at radius 3 is 2.54 bits per heavy atom. The number of aliphatic imine (C=N–C) groups is 1. The van der Waals surface area contributed by atoms with Gasteiger partial charge in [0, 0.05) is 5.56 Å². The summed E-state index contributed by atoms with van der Waals surface area (Å²) in [6, 6.07) is 9.10. The van der Waals surface area contributed by atoms with Gasteiger partial charge in [0.1, 0.15) is 28.9 Å². The summed E-state index contributed by atoms with van der Waals surface area (Å²) >= 11 is 0. The fraction of sp³-hybridized carbons (Fsp3) is 0.0588. The van der Waals surface area contributed by atoms with Crippen molar-refractivity contribution in [3.05, 3.63) is 59.8 Å². The topological polar surface area (TPSA) is 62.3 Å². The van der Waals surface area contributed by atoms with Gasteiger partial charge < -0.3 is 10.1 Å². The maximum absolute atomic E-state index is 14.2. The molecule has 24 heavy (non-hydrogen) atoms. The molecule has 1 aliphatic heterocycles. The maximum Gasteiger partial charge on any atom is 0.144 e. The molecular formula is C17H12F2N4O. The first-order valence-electron chi connectivity index (χ1n) is 7.20. The Morgan fingerprint density at radius 1 is 1.04 bits per heavy atom. The normalized spacial score (nSPS) is 12.5. The van der Waals surface area contributed by atoms with Crippen molar-refractivity contribution in [2.24, 2.45) is 4.99 Å². The van der Waals surface area contributed by atoms with E-state index in [9.17, 15) is 8.78 Å². The van der Waals surface area contributed by atoms with Crippen molar-refractivity contribution in [3.63, 3.8) is 0 Å². The number of methoxy groups -OCH3 is 1. The standard InChI is InChI=1S/C17H12F2N4O/c1-24-13-7-2-4-9-15-12(8-20-23-15)21-17(22-16(9)13)14-10(18)5-3-6-11(14)19/h2-8H,1H3,(H,20,23)(H,21,22). The summed E-state index contributed by atoms with van der Waals surface area (Å²) in [5.41, 5.74) is 2.19. The van der Waals surface area contributed by atoms with Crippen molar-refractivity contribution >= 4 is 17.2 Å². The number of hydrogen-bond acceptors (Lipinski definition) is 4. The van der Waals surface area contributed by atoms with Crippen LogP contribution in [0, 0.1) is 11.6 Å². The molecule has 120 valence electrons. The quantitative estimate of drug-likeness (QED) is 0.751. The molecule has 0 saturated carbocycles. The highest BCUT2D eigenvalue weighted by atomic mass is 19.1. The molecule has 0 saturated heterocycles. The molecular weight excluding hydrogens is 314 g/mol. The van der Waals surface area contributed by atoms with E-state index in [1.54, 1.807) is 6.07 Å². The fourth-order valence-electron chi connectivity index (χ4n) is 2.71. The number of aromatic nitrogens is 2. The van der Waals surface area contributed by atoms with Crippen molar-refractivity contribution in [2.45, 2.75) is 0 Å². The van der Waals surface area contributed by atoms with Gasteiger partial charge in [0.2, 0.25) is 0 Å². The molecule has 0 fully saturated rings. The van der Waals surface area contributed by atoms with Crippen LogP contribution in [0.25, 0.3) is 11.3 Å². The number of nitrogens with one attached hydrogen (secondary N) is 2. The number of aromatic amines is 1. The summed E-state index contributed by atoms with van der Waals surface area (Å²) in [7, 11) is 1.52. The van der Waals surface area contributed by atoms with Crippen LogP contribution in [-0.4, -0.2) is 23.1 Å². The Balaban J connectivity index is 1.99. The van der Waals surface area contributed by atoms with Crippen molar-refractivity contribution < 1.29 is 13.5 Å². The Bertz CT molecular complexity index is 945. The van der Waals surface area contributed by atoms with E-state index in [1.165, 1.54) is 31.5 Å². The number of fused-ring (bicyclic) bond motifs is 3. The van der Waals surface area contributed by atoms with Gasteiger partial charge in [0.05, 0.1) is 30.3 Å². The average molecular weight is 326 g/mol. The van der Waals surface area contributed by atoms with Gasteiger partial charge in [-0.15, -0.1) is 0 Å². The second kappa shape index (κ2) is 5.45. The molecule has 2 aromatic carbocycles. The first-order valence-corrected chi connectivity index (χ1v) is 7.20. The van der Waals surface area contributed by atoms with E-state index in [0.717, 1.165) is 5.56 Å². The minimum absolute atomic E-state index is 0.0523. The number of hydrogen-bond donors (Lipinski definition) is 2. The number of ether oxygens (including phenoxy) is 1. The van der Waals surface area contributed by atoms with E-state index in [0.29, 0.717) is 22.8 Å². The zero-order valence-corrected chi connectivity index (χ0v) is 12.6. The van der Waals surface area contributed by atoms with Crippen LogP contribution < -0.4 is 10.1 Å². The van der Waals surface area contributed by atoms with E-state index in [-0.39, 0.29) is 11.4 Å². The molecule has 4 rings (SSSR count). The van der Waals surface area contributed by atoms with Crippen LogP contribution in [0.2, 0.25) is 0 Å². The summed E-state index contributed by atoms with van der Waals surface area (Å²) in [5.74, 6) is -0.829. The Kier molecular flexibility index (Phi) is 3.26. The van der Waals surface area contributed by atoms with Crippen LogP contribution in [0.3, 0.4) is 0 Å². The van der Waals surface area contributed by atoms with Gasteiger partial charge in [-0.25, -0.2) is 13.8 Å². The second-order valence-electron chi connectivity index (χ2n) is 5.20. The smallest absolute Gasteiger partial charge is 0.144 e. The van der Waals surface area contributed by atoms with Crippen molar-refractivity contribution in [3.8, 4) is 17.0 Å². The van der Waals surface area contributed by atoms with Crippen LogP contribution in [-0.2, 0) is 0 Å². The molecule has 0 atom stereocenters. The zero-order chi connectivity index (χ0) is 16.7. The molecule has 0 aliphatic carbocycles. The lowest BCUT2D eigenvalue weighted by Gasteiger charge is -2.15. The van der Waals surface area contributed by atoms with Crippen LogP contribution >= 0.6 is 0 Å². The van der Waals surface area contributed by atoms with Crippen molar-refractivity contribution in [2.75, 3.05) is 12.4 Å². The number of para-hydroxylation sites is 1. The summed E-state index contributed by atoms with van der Waals surface area (Å²) in [4.78, 5) is 4.36. The van der Waals surface area contributed by atoms with E-state index < -0.39 is 11.6 Å². The lowest BCUT2D eigenvalue weighted by atomic mass is 10.1. The zero-order valence-electron chi connectivity index (χ0n) is 12.6. The molecule has 2 N–H and O–H groups in total. The predicted octanol–water partition coefficient (Wildman–Crippen LogP) is 3.87. The summed E-state index contributed by atoms with van der Waals surface area (Å²) in [5, 5.41) is 9.86. The van der Waals surface area contributed by atoms with Crippen LogP contribution in [0.1, 0.15) is 5.56 Å². The monoisotopic (exact) mass is 326 g/mol. The van der Waals surface area contributed by atoms with E-state index in [1.807, 2.05) is 12.1 Å². The molecule has 0 radical (unpaired) electrons. The summed E-state index contributed by atoms with van der Waals surface area (Å²) in [6.07, 6.45) is 1.50. The molecule has 7 heteroatoms. The SMILES string of the molecule is COc1cccc2c1NC(c1c(F)cccc1F)=Nc1cn[nH]c1-2. The molecule has 0 amide bonds. The molecule has 0 bridgehead atoms. The van der Waals surface area contributed by atoms with Crippen LogP contribution in [0.15, 0.2) is 47.6 Å². The first kappa shape index (κ1) is 14.4. The molecule has 1 aliphatic rings. The summed E-state index contributed by atoms with van der Waals surface area (Å²) < 4.78 is 33.8. The minimum atomic E-state index is -0.704. The Morgan fingerprint density at radius 2 is 1.79 bits per heavy atom. The highest BCUT2D eigenvalue weighted by Crippen LogP contribution is 2.41. The van der Waals surface area contributed by atoms with Gasteiger partial charge in [0.25, 0.3) is 0 Å². The molecule has 5 nitrogen and oxygen atoms in total. The van der Waals surface area contributed by atoms with Gasteiger partial charge in [-0.3, -0.25) is 5.10 Å². The predicted molar refractivity (Wildman–Crippen MR) is 86.8 cm³/mol. The first-order chi connectivity index (χ1) is 11.7. The number of H-pyrrole nitrogens is 1. The maximum atomic E-state index is 14.2. The number of nitrogens with zero attached hydrogens (tertiary/aromatic N) is 2.